The molecular formula is C20H21N7. The Balaban J connectivity index is 1.59. The molecular weight excluding hydrogens is 338 g/mol. The molecule has 0 radical (unpaired) electrons. The van der Waals surface area contributed by atoms with Crippen LogP contribution in [0.3, 0.4) is 0 Å². The quantitative estimate of drug-likeness (QED) is 0.608. The van der Waals surface area contributed by atoms with Gasteiger partial charge in [-0.05, 0) is 18.2 Å². The van der Waals surface area contributed by atoms with Crippen molar-refractivity contribution in [1.82, 2.24) is 34.2 Å². The van der Waals surface area contributed by atoms with Crippen LogP contribution in [0.1, 0.15) is 28.9 Å². The number of para-hydroxylation sites is 1. The molecule has 7 nitrogen and oxygen atoms in total. The van der Waals surface area contributed by atoms with Crippen LogP contribution in [0.5, 0.6) is 0 Å². The van der Waals surface area contributed by atoms with E-state index in [9.17, 15) is 0 Å². The third-order valence-corrected chi connectivity index (χ3v) is 5.24. The van der Waals surface area contributed by atoms with Crippen molar-refractivity contribution in [3.8, 4) is 5.69 Å². The summed E-state index contributed by atoms with van der Waals surface area (Å²) >= 11 is 0. The number of H-pyrrole nitrogens is 1. The first-order valence-electron chi connectivity index (χ1n) is 9.13. The Labute approximate surface area is 157 Å². The lowest BCUT2D eigenvalue weighted by Crippen LogP contribution is -2.37. The largest absolute Gasteiger partial charge is 0.348 e. The smallest absolute Gasteiger partial charge is 0.122 e. The van der Waals surface area contributed by atoms with Crippen LogP contribution in [0, 0.1) is 0 Å². The summed E-state index contributed by atoms with van der Waals surface area (Å²) in [4.78, 5) is 14.9. The second kappa shape index (κ2) is 6.51. The van der Waals surface area contributed by atoms with Crippen LogP contribution < -0.4 is 0 Å². The van der Waals surface area contributed by atoms with Crippen LogP contribution in [0.2, 0.25) is 0 Å². The normalized spacial score (nSPS) is 17.1. The van der Waals surface area contributed by atoms with Gasteiger partial charge >= 0.3 is 0 Å². The fourth-order valence-corrected chi connectivity index (χ4v) is 3.86. The van der Waals surface area contributed by atoms with Crippen LogP contribution in [0.4, 0.5) is 0 Å². The molecule has 0 amide bonds. The second-order valence-electron chi connectivity index (χ2n) is 6.85. The molecule has 3 aromatic heterocycles. The van der Waals surface area contributed by atoms with Crippen molar-refractivity contribution in [1.29, 1.82) is 0 Å². The minimum atomic E-state index is 0.0272. The van der Waals surface area contributed by atoms with Gasteiger partial charge in [0.15, 0.2) is 0 Å². The first kappa shape index (κ1) is 16.0. The van der Waals surface area contributed by atoms with Crippen LogP contribution >= 0.6 is 0 Å². The van der Waals surface area contributed by atoms with Crippen LogP contribution in [0.25, 0.3) is 5.69 Å². The summed E-state index contributed by atoms with van der Waals surface area (Å²) in [5.41, 5.74) is 4.45. The van der Waals surface area contributed by atoms with Gasteiger partial charge in [-0.1, -0.05) is 18.2 Å². The first-order chi connectivity index (χ1) is 13.3. The molecule has 1 atom stereocenters. The molecule has 7 heteroatoms. The topological polar surface area (TPSA) is 67.6 Å². The van der Waals surface area contributed by atoms with Gasteiger partial charge in [0.25, 0.3) is 0 Å². The molecule has 4 heterocycles. The summed E-state index contributed by atoms with van der Waals surface area (Å²) in [5.74, 6) is 1.05. The van der Waals surface area contributed by atoms with Gasteiger partial charge in [-0.25, -0.2) is 14.6 Å². The summed E-state index contributed by atoms with van der Waals surface area (Å²) in [5, 5.41) is 4.60. The zero-order valence-electron chi connectivity index (χ0n) is 15.2. The van der Waals surface area contributed by atoms with Gasteiger partial charge in [-0.2, -0.15) is 5.10 Å². The minimum absolute atomic E-state index is 0.0272. The standard InChI is InChI=1S/C20H21N7/c1-25-12-10-21-18(25)13-26-11-8-16-19(23-14-22-16)20(26)17-7-9-24-27(17)15-5-3-2-4-6-15/h2-7,9-10,12,14,20H,8,11,13H2,1H3,(H,22,23)/t20-/m1/s1. The van der Waals surface area contributed by atoms with E-state index in [1.165, 1.54) is 5.69 Å². The van der Waals surface area contributed by atoms with Gasteiger partial charge in [0.2, 0.25) is 0 Å². The van der Waals surface area contributed by atoms with Crippen LogP contribution in [-0.4, -0.2) is 40.7 Å². The maximum absolute atomic E-state index is 4.67. The fourth-order valence-electron chi connectivity index (χ4n) is 3.86. The highest BCUT2D eigenvalue weighted by Crippen LogP contribution is 2.35. The average molecular weight is 359 g/mol. The number of aromatic amines is 1. The molecule has 0 unspecified atom stereocenters. The third kappa shape index (κ3) is 2.76. The number of fused-ring (bicyclic) bond motifs is 1. The molecule has 1 aliphatic rings. The average Bonchev–Trinajstić information content (AvgIpc) is 3.44. The molecule has 27 heavy (non-hydrogen) atoms. The number of nitrogens with zero attached hydrogens (tertiary/aromatic N) is 6. The van der Waals surface area contributed by atoms with Crippen molar-refractivity contribution in [2.24, 2.45) is 7.05 Å². The van der Waals surface area contributed by atoms with E-state index in [1.54, 1.807) is 6.33 Å². The summed E-state index contributed by atoms with van der Waals surface area (Å²) in [7, 11) is 2.04. The van der Waals surface area contributed by atoms with E-state index in [4.69, 9.17) is 0 Å². The van der Waals surface area contributed by atoms with Crippen molar-refractivity contribution in [2.45, 2.75) is 19.0 Å². The summed E-state index contributed by atoms with van der Waals surface area (Å²) in [6.45, 7) is 1.70. The second-order valence-corrected chi connectivity index (χ2v) is 6.85. The number of imidazole rings is 2. The molecule has 0 fully saturated rings. The molecule has 0 saturated carbocycles. The third-order valence-electron chi connectivity index (χ3n) is 5.24. The van der Waals surface area contributed by atoms with Gasteiger partial charge in [0.05, 0.1) is 36.0 Å². The summed E-state index contributed by atoms with van der Waals surface area (Å²) in [6, 6.07) is 12.4. The molecule has 0 saturated heterocycles. The van der Waals surface area contributed by atoms with Crippen molar-refractivity contribution < 1.29 is 0 Å². The SMILES string of the molecule is Cn1ccnc1CN1CCc2[nH]cnc2[C@H]1c1ccnn1-c1ccccc1. The van der Waals surface area contributed by atoms with Crippen molar-refractivity contribution >= 4 is 0 Å². The van der Waals surface area contributed by atoms with Gasteiger partial charge in [-0.15, -0.1) is 0 Å². The van der Waals surface area contributed by atoms with Crippen molar-refractivity contribution in [3.63, 3.8) is 0 Å². The van der Waals surface area contributed by atoms with E-state index in [1.807, 2.05) is 48.5 Å². The molecule has 0 spiro atoms. The van der Waals surface area contributed by atoms with E-state index in [2.05, 4.69) is 47.7 Å². The number of hydrogen-bond donors (Lipinski definition) is 1. The van der Waals surface area contributed by atoms with Crippen molar-refractivity contribution in [3.05, 3.63) is 84.2 Å². The van der Waals surface area contributed by atoms with Crippen LogP contribution in [0.15, 0.2) is 61.3 Å². The van der Waals surface area contributed by atoms with E-state index in [-0.39, 0.29) is 6.04 Å². The number of benzene rings is 1. The van der Waals surface area contributed by atoms with E-state index >= 15 is 0 Å². The van der Waals surface area contributed by atoms with Gasteiger partial charge in [-0.3, -0.25) is 4.90 Å². The lowest BCUT2D eigenvalue weighted by atomic mass is 9.99. The van der Waals surface area contributed by atoms with Gasteiger partial charge < -0.3 is 9.55 Å². The predicted octanol–water partition coefficient (Wildman–Crippen LogP) is 2.48. The van der Waals surface area contributed by atoms with Crippen LogP contribution in [-0.2, 0) is 20.0 Å². The van der Waals surface area contributed by atoms with Gasteiger partial charge in [0.1, 0.15) is 5.82 Å². The Morgan fingerprint density at radius 1 is 1.11 bits per heavy atom. The molecule has 1 aromatic carbocycles. The van der Waals surface area contributed by atoms with E-state index < -0.39 is 0 Å². The highest BCUT2D eigenvalue weighted by Gasteiger charge is 2.34. The lowest BCUT2D eigenvalue weighted by molar-refractivity contribution is 0.188. The predicted molar refractivity (Wildman–Crippen MR) is 101 cm³/mol. The molecule has 0 aliphatic carbocycles. The fraction of sp³-hybridized carbons (Fsp3) is 0.250. The lowest BCUT2D eigenvalue weighted by Gasteiger charge is -2.34. The molecule has 4 aromatic rings. The Morgan fingerprint density at radius 3 is 2.81 bits per heavy atom. The minimum Gasteiger partial charge on any atom is -0.348 e. The molecule has 5 rings (SSSR count). The number of rotatable bonds is 4. The zero-order valence-corrected chi connectivity index (χ0v) is 15.2. The van der Waals surface area contributed by atoms with E-state index in [0.717, 1.165) is 42.4 Å². The van der Waals surface area contributed by atoms with E-state index in [0.29, 0.717) is 0 Å². The number of aryl methyl sites for hydroxylation is 1. The Bertz CT molecular complexity index is 1040. The molecule has 1 N–H and O–H groups in total. The maximum atomic E-state index is 4.67. The molecule has 0 bridgehead atoms. The highest BCUT2D eigenvalue weighted by molar-refractivity contribution is 5.37. The first-order valence-corrected chi connectivity index (χ1v) is 9.13. The summed E-state index contributed by atoms with van der Waals surface area (Å²) < 4.78 is 4.09. The Hall–Kier alpha value is -3.19. The highest BCUT2D eigenvalue weighted by atomic mass is 15.3. The Morgan fingerprint density at radius 2 is 2.00 bits per heavy atom. The molecule has 1 aliphatic heterocycles. The molecule has 136 valence electrons. The monoisotopic (exact) mass is 359 g/mol. The van der Waals surface area contributed by atoms with Gasteiger partial charge in [0, 0.05) is 44.3 Å². The van der Waals surface area contributed by atoms with Crippen molar-refractivity contribution in [2.75, 3.05) is 6.54 Å². The number of aromatic nitrogens is 6. The maximum Gasteiger partial charge on any atom is 0.122 e. The number of nitrogens with one attached hydrogen (secondary N) is 1. The zero-order chi connectivity index (χ0) is 18.2. The number of hydrogen-bond acceptors (Lipinski definition) is 4. The Kier molecular flexibility index (Phi) is 3.86. The summed E-state index contributed by atoms with van der Waals surface area (Å²) in [6.07, 6.45) is 8.45.